The molecule has 0 bridgehead atoms. The molecule has 0 radical (unpaired) electrons. The fourth-order valence-corrected chi connectivity index (χ4v) is 4.29. The van der Waals surface area contributed by atoms with Crippen LogP contribution in [0.1, 0.15) is 40.6 Å². The highest BCUT2D eigenvalue weighted by molar-refractivity contribution is 6.31. The number of nitrogens with two attached hydrogens (primary N) is 1. The van der Waals surface area contributed by atoms with Crippen LogP contribution in [0.4, 0.5) is 5.69 Å². The number of halogens is 1. The van der Waals surface area contributed by atoms with Gasteiger partial charge in [-0.25, -0.2) is 9.66 Å². The Morgan fingerprint density at radius 3 is 2.57 bits per heavy atom. The van der Waals surface area contributed by atoms with E-state index in [1.807, 2.05) is 49.4 Å². The molecule has 1 atom stereocenters. The van der Waals surface area contributed by atoms with Crippen LogP contribution in [-0.4, -0.2) is 33.6 Å². The van der Waals surface area contributed by atoms with Crippen LogP contribution in [0, 0.1) is 19.3 Å². The predicted octanol–water partition coefficient (Wildman–Crippen LogP) is 4.79. The zero-order valence-electron chi connectivity index (χ0n) is 20.5. The molecular formula is C29H28ClN5O2. The average Bonchev–Trinajstić information content (AvgIpc) is 2.90. The van der Waals surface area contributed by atoms with Crippen molar-refractivity contribution in [3.63, 3.8) is 0 Å². The molecule has 0 saturated carbocycles. The number of nitrogens with one attached hydrogen (secondary N) is 1. The Hall–Kier alpha value is -4.12. The first-order valence-electron chi connectivity index (χ1n) is 12.0. The van der Waals surface area contributed by atoms with Crippen molar-refractivity contribution in [2.24, 2.45) is 5.73 Å². The lowest BCUT2D eigenvalue weighted by Crippen LogP contribution is -2.41. The predicted molar refractivity (Wildman–Crippen MR) is 149 cm³/mol. The fraction of sp³-hybridized carbons (Fsp3) is 0.207. The smallest absolute Gasteiger partial charge is 0.280 e. The highest BCUT2D eigenvalue weighted by Gasteiger charge is 2.30. The Bertz CT molecular complexity index is 1490. The number of carbonyl (C=O) groups excluding carboxylic acids is 1. The van der Waals surface area contributed by atoms with Crippen molar-refractivity contribution in [2.45, 2.75) is 25.8 Å². The summed E-state index contributed by atoms with van der Waals surface area (Å²) in [6.07, 6.45) is 6.49. The molecule has 7 nitrogen and oxygen atoms in total. The van der Waals surface area contributed by atoms with Crippen LogP contribution in [-0.2, 0) is 0 Å². The maximum absolute atomic E-state index is 13.8. The van der Waals surface area contributed by atoms with E-state index >= 15 is 0 Å². The highest BCUT2D eigenvalue weighted by atomic mass is 35.5. The molecule has 4 rings (SSSR count). The average molecular weight is 514 g/mol. The summed E-state index contributed by atoms with van der Waals surface area (Å²) in [5.41, 5.74) is 11.3. The minimum absolute atomic E-state index is 0.136. The van der Waals surface area contributed by atoms with Crippen LogP contribution in [0.3, 0.4) is 0 Å². The van der Waals surface area contributed by atoms with Crippen molar-refractivity contribution in [3.05, 3.63) is 105 Å². The molecule has 188 valence electrons. The van der Waals surface area contributed by atoms with Gasteiger partial charge in [-0.3, -0.25) is 15.0 Å². The molecular weight excluding hydrogens is 486 g/mol. The van der Waals surface area contributed by atoms with Gasteiger partial charge in [0.25, 0.3) is 11.5 Å². The second-order valence-corrected chi connectivity index (χ2v) is 9.12. The second-order valence-electron chi connectivity index (χ2n) is 8.68. The summed E-state index contributed by atoms with van der Waals surface area (Å²) in [6, 6.07) is 20.8. The zero-order valence-corrected chi connectivity index (χ0v) is 21.3. The van der Waals surface area contributed by atoms with Gasteiger partial charge in [0.15, 0.2) is 5.82 Å². The third kappa shape index (κ3) is 5.83. The number of hydrogen-bond acceptors (Lipinski definition) is 5. The standard InChI is InChI=1S/C29H28ClN5O2/c1-3-8-26(34(18-7-17-31)28(36)21-13-11-20(2)12-14-21)27-32-25-19-22(30)15-16-24(25)29(37)35(27)33-23-9-5-4-6-10-23/h1,4-6,9-16,19,26,33H,7-8,17-18,31H2,2H3/t26-/m1/s1. The van der Waals surface area contributed by atoms with Crippen molar-refractivity contribution in [1.82, 2.24) is 14.6 Å². The summed E-state index contributed by atoms with van der Waals surface area (Å²) >= 11 is 6.23. The van der Waals surface area contributed by atoms with Crippen LogP contribution < -0.4 is 16.7 Å². The molecule has 0 aliphatic heterocycles. The number of benzene rings is 3. The highest BCUT2D eigenvalue weighted by Crippen LogP contribution is 2.27. The van der Waals surface area contributed by atoms with Crippen molar-refractivity contribution < 1.29 is 4.79 Å². The molecule has 0 fully saturated rings. The van der Waals surface area contributed by atoms with Gasteiger partial charge in [-0.1, -0.05) is 47.5 Å². The third-order valence-electron chi connectivity index (χ3n) is 6.02. The Balaban J connectivity index is 1.92. The lowest BCUT2D eigenvalue weighted by Gasteiger charge is -2.32. The van der Waals surface area contributed by atoms with E-state index in [9.17, 15) is 9.59 Å². The van der Waals surface area contributed by atoms with E-state index in [2.05, 4.69) is 11.3 Å². The number of amides is 1. The van der Waals surface area contributed by atoms with Gasteiger partial charge >= 0.3 is 0 Å². The topological polar surface area (TPSA) is 93.2 Å². The summed E-state index contributed by atoms with van der Waals surface area (Å²) < 4.78 is 1.37. The van der Waals surface area contributed by atoms with Gasteiger partial charge in [-0.05, 0) is 62.4 Å². The molecule has 1 heterocycles. The molecule has 0 unspecified atom stereocenters. The first kappa shape index (κ1) is 26.0. The van der Waals surface area contributed by atoms with Gasteiger partial charge < -0.3 is 10.6 Å². The molecule has 0 aliphatic rings. The SMILES string of the molecule is C#CC[C@H](c1nc2cc(Cl)ccc2c(=O)n1Nc1ccccc1)N(CCCN)C(=O)c1ccc(C)cc1. The minimum atomic E-state index is -0.711. The monoisotopic (exact) mass is 513 g/mol. The molecule has 37 heavy (non-hydrogen) atoms. The summed E-state index contributed by atoms with van der Waals surface area (Å²) in [6.45, 7) is 2.68. The van der Waals surface area contributed by atoms with E-state index in [-0.39, 0.29) is 17.9 Å². The van der Waals surface area contributed by atoms with Crippen molar-refractivity contribution >= 4 is 34.1 Å². The molecule has 3 aromatic carbocycles. The van der Waals surface area contributed by atoms with E-state index in [4.69, 9.17) is 28.7 Å². The van der Waals surface area contributed by atoms with Gasteiger partial charge in [0, 0.05) is 23.6 Å². The number of para-hydroxylation sites is 1. The molecule has 4 aromatic rings. The molecule has 8 heteroatoms. The molecule has 3 N–H and O–H groups in total. The lowest BCUT2D eigenvalue weighted by molar-refractivity contribution is 0.0666. The zero-order chi connectivity index (χ0) is 26.4. The van der Waals surface area contributed by atoms with Crippen LogP contribution in [0.5, 0.6) is 0 Å². The minimum Gasteiger partial charge on any atom is -0.330 e. The largest absolute Gasteiger partial charge is 0.330 e. The number of nitrogens with zero attached hydrogens (tertiary/aromatic N) is 3. The van der Waals surface area contributed by atoms with E-state index in [0.717, 1.165) is 5.56 Å². The first-order chi connectivity index (χ1) is 17.9. The fourth-order valence-electron chi connectivity index (χ4n) is 4.12. The number of aryl methyl sites for hydroxylation is 1. The van der Waals surface area contributed by atoms with Gasteiger partial charge in [0.05, 0.1) is 16.6 Å². The number of anilines is 1. The Morgan fingerprint density at radius 2 is 1.89 bits per heavy atom. The van der Waals surface area contributed by atoms with Gasteiger partial charge in [0.2, 0.25) is 0 Å². The molecule has 1 amide bonds. The van der Waals surface area contributed by atoms with Gasteiger partial charge in [-0.2, -0.15) is 0 Å². The number of hydrogen-bond donors (Lipinski definition) is 2. The second kappa shape index (κ2) is 11.7. The van der Waals surface area contributed by atoms with Crippen LogP contribution in [0.25, 0.3) is 10.9 Å². The van der Waals surface area contributed by atoms with Gasteiger partial charge in [0.1, 0.15) is 6.04 Å². The number of fused-ring (bicyclic) bond motifs is 1. The lowest BCUT2D eigenvalue weighted by atomic mass is 10.1. The number of carbonyl (C=O) groups is 1. The number of rotatable bonds is 9. The number of aromatic nitrogens is 2. The maximum atomic E-state index is 13.8. The van der Waals surface area contributed by atoms with E-state index in [1.54, 1.807) is 35.2 Å². The van der Waals surface area contributed by atoms with Crippen molar-refractivity contribution in [3.8, 4) is 12.3 Å². The molecule has 0 aliphatic carbocycles. The molecule has 1 aromatic heterocycles. The Morgan fingerprint density at radius 1 is 1.16 bits per heavy atom. The Labute approximate surface area is 220 Å². The van der Waals surface area contributed by atoms with E-state index < -0.39 is 6.04 Å². The van der Waals surface area contributed by atoms with Gasteiger partial charge in [-0.15, -0.1) is 12.3 Å². The van der Waals surface area contributed by atoms with Crippen LogP contribution in [0.2, 0.25) is 5.02 Å². The quantitative estimate of drug-likeness (QED) is 0.314. The normalized spacial score (nSPS) is 11.6. The number of terminal acetylenes is 1. The summed E-state index contributed by atoms with van der Waals surface area (Å²) in [7, 11) is 0. The Kier molecular flexibility index (Phi) is 8.24. The maximum Gasteiger partial charge on any atom is 0.280 e. The van der Waals surface area contributed by atoms with Crippen molar-refractivity contribution in [1.29, 1.82) is 0 Å². The van der Waals surface area contributed by atoms with Crippen LogP contribution >= 0.6 is 11.6 Å². The third-order valence-corrected chi connectivity index (χ3v) is 6.26. The van der Waals surface area contributed by atoms with E-state index in [0.29, 0.717) is 52.5 Å². The summed E-state index contributed by atoms with van der Waals surface area (Å²) in [5.74, 6) is 2.76. The van der Waals surface area contributed by atoms with Crippen molar-refractivity contribution in [2.75, 3.05) is 18.5 Å². The molecule has 0 saturated heterocycles. The first-order valence-corrected chi connectivity index (χ1v) is 12.4. The van der Waals surface area contributed by atoms with Crippen LogP contribution in [0.15, 0.2) is 77.6 Å². The summed E-state index contributed by atoms with van der Waals surface area (Å²) in [4.78, 5) is 34.0. The molecule has 0 spiro atoms. The van der Waals surface area contributed by atoms with E-state index in [1.165, 1.54) is 4.68 Å². The summed E-state index contributed by atoms with van der Waals surface area (Å²) in [5, 5.41) is 0.831.